The van der Waals surface area contributed by atoms with Crippen LogP contribution in [0.4, 0.5) is 0 Å². The molecule has 2 rings (SSSR count). The van der Waals surface area contributed by atoms with E-state index in [-0.39, 0.29) is 12.8 Å². The van der Waals surface area contributed by atoms with Gasteiger partial charge in [-0.25, -0.2) is 9.97 Å². The summed E-state index contributed by atoms with van der Waals surface area (Å²) in [4.78, 5) is 17.7. The molecule has 0 amide bonds. The molecule has 106 valence electrons. The van der Waals surface area contributed by atoms with Crippen LogP contribution < -0.4 is 4.68 Å². The monoisotopic (exact) mass is 295 g/mol. The highest BCUT2D eigenvalue weighted by molar-refractivity contribution is 7.52. The summed E-state index contributed by atoms with van der Waals surface area (Å²) in [7, 11) is -3.51. The normalized spacial score (nSPS) is 13.9. The summed E-state index contributed by atoms with van der Waals surface area (Å²) in [5.41, 5.74) is 0.791. The first-order valence-corrected chi connectivity index (χ1v) is 7.96. The molecule has 1 N–H and O–H groups in total. The molecule has 0 bridgehead atoms. The third kappa shape index (κ3) is 4.16. The molecule has 1 unspecified atom stereocenters. The van der Waals surface area contributed by atoms with Crippen molar-refractivity contribution in [3.8, 4) is 11.4 Å². The van der Waals surface area contributed by atoms with Gasteiger partial charge in [-0.05, 0) is 18.1 Å². The molecule has 1 atom stereocenters. The number of nitrogens with zero attached hydrogens (tertiary/aromatic N) is 4. The van der Waals surface area contributed by atoms with Crippen LogP contribution in [-0.4, -0.2) is 32.7 Å². The lowest BCUT2D eigenvalue weighted by atomic mass is 10.3. The van der Waals surface area contributed by atoms with Crippen LogP contribution in [0.3, 0.4) is 0 Å². The SMILES string of the molecule is CCOP(=O)(O)CC[n+]1ccc(-c2ncccn2)cn1. The second-order valence-electron chi connectivity index (χ2n) is 4.03. The zero-order valence-corrected chi connectivity index (χ0v) is 12.0. The zero-order valence-electron chi connectivity index (χ0n) is 11.1. The first-order chi connectivity index (χ1) is 9.61. The smallest absolute Gasteiger partial charge is 0.324 e. The van der Waals surface area contributed by atoms with Crippen molar-refractivity contribution in [3.63, 3.8) is 0 Å². The largest absolute Gasteiger partial charge is 0.334 e. The Labute approximate surface area is 116 Å². The van der Waals surface area contributed by atoms with Crippen LogP contribution in [0.5, 0.6) is 0 Å². The van der Waals surface area contributed by atoms with Gasteiger partial charge in [0.2, 0.25) is 0 Å². The van der Waals surface area contributed by atoms with E-state index in [2.05, 4.69) is 15.1 Å². The third-order valence-electron chi connectivity index (χ3n) is 2.54. The van der Waals surface area contributed by atoms with E-state index in [1.165, 1.54) is 0 Å². The molecule has 0 radical (unpaired) electrons. The van der Waals surface area contributed by atoms with Gasteiger partial charge >= 0.3 is 7.60 Å². The van der Waals surface area contributed by atoms with Gasteiger partial charge in [0.15, 0.2) is 18.6 Å². The molecule has 0 fully saturated rings. The van der Waals surface area contributed by atoms with E-state index in [1.807, 2.05) is 6.07 Å². The van der Waals surface area contributed by atoms with Gasteiger partial charge in [0.1, 0.15) is 12.4 Å². The second kappa shape index (κ2) is 6.65. The standard InChI is InChI=1S/C12H15N4O3P/c1-2-19-20(17,18)9-8-16-7-4-11(10-15-16)12-13-5-3-6-14-12/h3-7,10H,2,8-9H2,1H3/p+1. The maximum Gasteiger partial charge on any atom is 0.334 e. The Kier molecular flexibility index (Phi) is 4.89. The average molecular weight is 295 g/mol. The number of aryl methyl sites for hydroxylation is 1. The van der Waals surface area contributed by atoms with Crippen molar-refractivity contribution >= 4 is 7.60 Å². The summed E-state index contributed by atoms with van der Waals surface area (Å²) in [6.45, 7) is 2.21. The van der Waals surface area contributed by atoms with Gasteiger partial charge in [-0.1, -0.05) is 4.68 Å². The van der Waals surface area contributed by atoms with Crippen molar-refractivity contribution in [2.24, 2.45) is 0 Å². The molecule has 0 saturated heterocycles. The van der Waals surface area contributed by atoms with Crippen molar-refractivity contribution in [1.82, 2.24) is 15.1 Å². The molecule has 2 aromatic heterocycles. The summed E-state index contributed by atoms with van der Waals surface area (Å²) in [6.07, 6.45) is 6.69. The van der Waals surface area contributed by atoms with Crippen LogP contribution in [0.15, 0.2) is 36.9 Å². The average Bonchev–Trinajstić information content (AvgIpc) is 2.47. The lowest BCUT2D eigenvalue weighted by Crippen LogP contribution is -2.39. The molecule has 0 aliphatic carbocycles. The quantitative estimate of drug-likeness (QED) is 0.633. The predicted molar refractivity (Wildman–Crippen MR) is 71.8 cm³/mol. The van der Waals surface area contributed by atoms with Crippen molar-refractivity contribution in [1.29, 1.82) is 0 Å². The number of hydrogen-bond donors (Lipinski definition) is 1. The fourth-order valence-electron chi connectivity index (χ4n) is 1.59. The van der Waals surface area contributed by atoms with Crippen LogP contribution in [0.1, 0.15) is 6.92 Å². The van der Waals surface area contributed by atoms with Gasteiger partial charge in [0, 0.05) is 24.0 Å². The highest BCUT2D eigenvalue weighted by atomic mass is 31.2. The van der Waals surface area contributed by atoms with Gasteiger partial charge in [-0.15, -0.1) is 0 Å². The van der Waals surface area contributed by atoms with Crippen LogP contribution >= 0.6 is 7.60 Å². The van der Waals surface area contributed by atoms with Crippen molar-refractivity contribution in [2.45, 2.75) is 13.5 Å². The lowest BCUT2D eigenvalue weighted by molar-refractivity contribution is -0.750. The van der Waals surface area contributed by atoms with E-state index in [0.29, 0.717) is 12.4 Å². The maximum absolute atomic E-state index is 11.5. The summed E-state index contributed by atoms with van der Waals surface area (Å²) in [5, 5.41) is 4.17. The molecule has 0 spiro atoms. The lowest BCUT2D eigenvalue weighted by Gasteiger charge is -2.07. The summed E-state index contributed by atoms with van der Waals surface area (Å²) in [6, 6.07) is 3.55. The highest BCUT2D eigenvalue weighted by Crippen LogP contribution is 2.40. The molecular weight excluding hydrogens is 279 g/mol. The molecule has 0 aromatic carbocycles. The summed E-state index contributed by atoms with van der Waals surface area (Å²) in [5.74, 6) is 0.592. The number of aromatic nitrogens is 4. The predicted octanol–water partition coefficient (Wildman–Crippen LogP) is 1.05. The highest BCUT2D eigenvalue weighted by Gasteiger charge is 2.21. The Balaban J connectivity index is 2.01. The van der Waals surface area contributed by atoms with Crippen molar-refractivity contribution < 1.29 is 18.7 Å². The van der Waals surface area contributed by atoms with Crippen LogP contribution in [-0.2, 0) is 15.6 Å². The molecule has 20 heavy (non-hydrogen) atoms. The Morgan fingerprint density at radius 2 is 2.15 bits per heavy atom. The summed E-state index contributed by atoms with van der Waals surface area (Å²) < 4.78 is 17.9. The maximum atomic E-state index is 11.5. The third-order valence-corrected chi connectivity index (χ3v) is 3.96. The Hall–Kier alpha value is -1.69. The van der Waals surface area contributed by atoms with Gasteiger partial charge in [0.05, 0.1) is 6.61 Å². The second-order valence-corrected chi connectivity index (χ2v) is 6.01. The van der Waals surface area contributed by atoms with E-state index in [4.69, 9.17) is 4.52 Å². The van der Waals surface area contributed by atoms with E-state index in [0.717, 1.165) is 5.56 Å². The fraction of sp³-hybridized carbons (Fsp3) is 0.333. The first kappa shape index (κ1) is 14.7. The van der Waals surface area contributed by atoms with Crippen molar-refractivity contribution in [3.05, 3.63) is 36.9 Å². The van der Waals surface area contributed by atoms with Gasteiger partial charge in [-0.3, -0.25) is 4.57 Å². The van der Waals surface area contributed by atoms with E-state index >= 15 is 0 Å². The molecule has 7 nitrogen and oxygen atoms in total. The molecule has 2 aromatic rings. The fourth-order valence-corrected chi connectivity index (χ4v) is 2.58. The van der Waals surface area contributed by atoms with Crippen LogP contribution in [0, 0.1) is 0 Å². The summed E-state index contributed by atoms with van der Waals surface area (Å²) >= 11 is 0. The van der Waals surface area contributed by atoms with Crippen molar-refractivity contribution in [2.75, 3.05) is 12.8 Å². The van der Waals surface area contributed by atoms with E-state index in [1.54, 1.807) is 42.5 Å². The van der Waals surface area contributed by atoms with Gasteiger partial charge in [-0.2, -0.15) is 0 Å². The van der Waals surface area contributed by atoms with Gasteiger partial charge < -0.3 is 9.42 Å². The molecule has 0 aliphatic rings. The Morgan fingerprint density at radius 3 is 2.75 bits per heavy atom. The number of hydrogen-bond acceptors (Lipinski definition) is 5. The Morgan fingerprint density at radius 1 is 1.40 bits per heavy atom. The van der Waals surface area contributed by atoms with E-state index in [9.17, 15) is 9.46 Å². The Bertz CT molecular complexity index is 591. The first-order valence-electron chi connectivity index (χ1n) is 6.20. The van der Waals surface area contributed by atoms with Gasteiger partial charge in [0.25, 0.3) is 0 Å². The molecule has 0 aliphatic heterocycles. The molecule has 0 saturated carbocycles. The van der Waals surface area contributed by atoms with E-state index < -0.39 is 7.60 Å². The molecular formula is C12H16N4O3P+. The topological polar surface area (TPSA) is 89.1 Å². The number of rotatable bonds is 6. The minimum atomic E-state index is -3.51. The molecule has 2 heterocycles. The van der Waals surface area contributed by atoms with Crippen LogP contribution in [0.2, 0.25) is 0 Å². The minimum absolute atomic E-state index is 0.0275. The van der Waals surface area contributed by atoms with Crippen LogP contribution in [0.25, 0.3) is 11.4 Å². The molecule has 8 heteroatoms. The zero-order chi connectivity index (χ0) is 14.4. The minimum Gasteiger partial charge on any atom is -0.324 e.